The number of benzene rings is 2. The Morgan fingerprint density at radius 3 is 2.50 bits per heavy atom. The first-order chi connectivity index (χ1) is 9.72. The van der Waals surface area contributed by atoms with Crippen LogP contribution in [-0.2, 0) is 5.41 Å². The molecule has 1 fully saturated rings. The van der Waals surface area contributed by atoms with Crippen LogP contribution >= 0.6 is 22.6 Å². The van der Waals surface area contributed by atoms with Gasteiger partial charge in [-0.1, -0.05) is 36.4 Å². The van der Waals surface area contributed by atoms with Crippen LogP contribution in [0.1, 0.15) is 18.4 Å². The van der Waals surface area contributed by atoms with Crippen LogP contribution in [0.4, 0.5) is 5.69 Å². The fourth-order valence-electron chi connectivity index (χ4n) is 2.85. The lowest BCUT2D eigenvalue weighted by atomic mass is 9.62. The van der Waals surface area contributed by atoms with E-state index in [2.05, 4.69) is 70.4 Å². The zero-order valence-electron chi connectivity index (χ0n) is 11.0. The summed E-state index contributed by atoms with van der Waals surface area (Å²) in [4.78, 5) is 0. The highest BCUT2D eigenvalue weighted by Crippen LogP contribution is 2.44. The fourth-order valence-corrected chi connectivity index (χ4v) is 3.39. The molecule has 0 aromatic heterocycles. The van der Waals surface area contributed by atoms with E-state index in [-0.39, 0.29) is 5.41 Å². The number of nitrogens with one attached hydrogen (secondary N) is 1. The number of hydrogen-bond acceptors (Lipinski definition) is 2. The molecule has 0 spiro atoms. The Balaban J connectivity index is 1.70. The molecule has 0 amide bonds. The van der Waals surface area contributed by atoms with E-state index in [0.717, 1.165) is 24.1 Å². The Morgan fingerprint density at radius 2 is 1.85 bits per heavy atom. The maximum Gasteiger partial charge on any atom is 0.0861 e. The first-order valence-corrected chi connectivity index (χ1v) is 7.79. The van der Waals surface area contributed by atoms with Gasteiger partial charge < -0.3 is 5.32 Å². The predicted octanol–water partition coefficient (Wildman–Crippen LogP) is 4.33. The predicted molar refractivity (Wildman–Crippen MR) is 89.5 cm³/mol. The lowest BCUT2D eigenvalue weighted by Gasteiger charge is -2.43. The molecule has 2 aromatic rings. The summed E-state index contributed by atoms with van der Waals surface area (Å²) in [7, 11) is 0. The summed E-state index contributed by atoms with van der Waals surface area (Å²) in [5.41, 5.74) is 1.98. The van der Waals surface area contributed by atoms with Crippen molar-refractivity contribution in [3.8, 4) is 6.07 Å². The second-order valence-electron chi connectivity index (χ2n) is 5.32. The third-order valence-corrected chi connectivity index (χ3v) is 4.60. The summed E-state index contributed by atoms with van der Waals surface area (Å²) < 4.78 is 1.22. The molecule has 0 atom stereocenters. The van der Waals surface area contributed by atoms with Crippen molar-refractivity contribution in [1.29, 1.82) is 5.26 Å². The molecule has 0 aliphatic heterocycles. The van der Waals surface area contributed by atoms with E-state index in [1.165, 1.54) is 3.57 Å². The summed E-state index contributed by atoms with van der Waals surface area (Å²) >= 11 is 2.31. The highest BCUT2D eigenvalue weighted by Gasteiger charge is 2.46. The van der Waals surface area contributed by atoms with Crippen molar-refractivity contribution in [3.63, 3.8) is 0 Å². The first kappa shape index (κ1) is 13.4. The van der Waals surface area contributed by atoms with Crippen molar-refractivity contribution in [2.24, 2.45) is 0 Å². The number of nitrogens with zero attached hydrogens (tertiary/aromatic N) is 1. The van der Waals surface area contributed by atoms with Crippen LogP contribution in [0.5, 0.6) is 0 Å². The third kappa shape index (κ3) is 2.53. The number of halogens is 1. The van der Waals surface area contributed by atoms with E-state index in [1.54, 1.807) is 0 Å². The molecule has 0 unspecified atom stereocenters. The molecule has 0 bridgehead atoms. The molecular formula is C17H15IN2. The van der Waals surface area contributed by atoms with Crippen molar-refractivity contribution >= 4 is 28.3 Å². The molecule has 0 heterocycles. The molecule has 100 valence electrons. The Bertz CT molecular complexity index is 640. The molecule has 2 aromatic carbocycles. The highest BCUT2D eigenvalue weighted by atomic mass is 127. The Hall–Kier alpha value is -1.54. The number of nitriles is 1. The largest absolute Gasteiger partial charge is 0.382 e. The van der Waals surface area contributed by atoms with Crippen LogP contribution in [-0.4, -0.2) is 6.04 Å². The number of anilines is 1. The SMILES string of the molecule is N#CC1(c2ccccc2)CC(Nc2cccc(I)c2)C1. The lowest BCUT2D eigenvalue weighted by molar-refractivity contribution is 0.289. The van der Waals surface area contributed by atoms with Gasteiger partial charge >= 0.3 is 0 Å². The van der Waals surface area contributed by atoms with E-state index in [1.807, 2.05) is 18.2 Å². The maximum absolute atomic E-state index is 9.54. The fraction of sp³-hybridized carbons (Fsp3) is 0.235. The van der Waals surface area contributed by atoms with E-state index in [4.69, 9.17) is 0 Å². The van der Waals surface area contributed by atoms with Gasteiger partial charge in [-0.3, -0.25) is 0 Å². The lowest BCUT2D eigenvalue weighted by Crippen LogP contribution is -2.47. The molecule has 1 aliphatic rings. The average molecular weight is 374 g/mol. The molecular weight excluding hydrogens is 359 g/mol. The van der Waals surface area contributed by atoms with Crippen LogP contribution in [0.2, 0.25) is 0 Å². The molecule has 0 radical (unpaired) electrons. The van der Waals surface area contributed by atoms with E-state index in [0.29, 0.717) is 6.04 Å². The Kier molecular flexibility index (Phi) is 3.66. The zero-order chi connectivity index (χ0) is 14.0. The van der Waals surface area contributed by atoms with Gasteiger partial charge in [0.25, 0.3) is 0 Å². The number of hydrogen-bond donors (Lipinski definition) is 1. The van der Waals surface area contributed by atoms with E-state index >= 15 is 0 Å². The monoisotopic (exact) mass is 374 g/mol. The van der Waals surface area contributed by atoms with Crippen molar-refractivity contribution in [2.45, 2.75) is 24.3 Å². The topological polar surface area (TPSA) is 35.8 Å². The third-order valence-electron chi connectivity index (χ3n) is 3.93. The molecule has 3 heteroatoms. The average Bonchev–Trinajstić information content (AvgIpc) is 2.43. The van der Waals surface area contributed by atoms with Crippen LogP contribution in [0.25, 0.3) is 0 Å². The Labute approximate surface area is 133 Å². The maximum atomic E-state index is 9.54. The van der Waals surface area contributed by atoms with Crippen molar-refractivity contribution in [3.05, 3.63) is 63.7 Å². The van der Waals surface area contributed by atoms with E-state index in [9.17, 15) is 5.26 Å². The second kappa shape index (κ2) is 5.45. The standard InChI is InChI=1S/C17H15IN2/c18-14-7-4-8-15(9-14)20-16-10-17(11-16,12-19)13-5-2-1-3-6-13/h1-9,16,20H,10-11H2. The van der Waals surface area contributed by atoms with Crippen molar-refractivity contribution < 1.29 is 0 Å². The highest BCUT2D eigenvalue weighted by molar-refractivity contribution is 14.1. The smallest absolute Gasteiger partial charge is 0.0861 e. The van der Waals surface area contributed by atoms with Crippen LogP contribution in [0.15, 0.2) is 54.6 Å². The van der Waals surface area contributed by atoms with Crippen LogP contribution in [0, 0.1) is 14.9 Å². The zero-order valence-corrected chi connectivity index (χ0v) is 13.2. The summed E-state index contributed by atoms with van der Waals surface area (Å²) in [5, 5.41) is 13.1. The Morgan fingerprint density at radius 1 is 1.10 bits per heavy atom. The normalized spacial score (nSPS) is 24.5. The van der Waals surface area contributed by atoms with Gasteiger partial charge in [0, 0.05) is 15.3 Å². The van der Waals surface area contributed by atoms with E-state index < -0.39 is 0 Å². The molecule has 0 saturated heterocycles. The summed E-state index contributed by atoms with van der Waals surface area (Å²) in [6.07, 6.45) is 1.75. The quantitative estimate of drug-likeness (QED) is 0.812. The molecule has 1 aliphatic carbocycles. The molecule has 2 nitrogen and oxygen atoms in total. The van der Waals surface area contributed by atoms with Gasteiger partial charge in [0.2, 0.25) is 0 Å². The molecule has 20 heavy (non-hydrogen) atoms. The second-order valence-corrected chi connectivity index (χ2v) is 6.57. The van der Waals surface area contributed by atoms with Crippen LogP contribution in [0.3, 0.4) is 0 Å². The minimum atomic E-state index is -0.305. The van der Waals surface area contributed by atoms with Gasteiger partial charge in [-0.15, -0.1) is 0 Å². The molecule has 1 saturated carbocycles. The van der Waals surface area contributed by atoms with Gasteiger partial charge in [-0.25, -0.2) is 0 Å². The first-order valence-electron chi connectivity index (χ1n) is 6.71. The minimum absolute atomic E-state index is 0.305. The van der Waals surface area contributed by atoms with Crippen molar-refractivity contribution in [2.75, 3.05) is 5.32 Å². The molecule has 3 rings (SSSR count). The van der Waals surface area contributed by atoms with Crippen molar-refractivity contribution in [1.82, 2.24) is 0 Å². The summed E-state index contributed by atoms with van der Waals surface area (Å²) in [6, 6.07) is 21.4. The minimum Gasteiger partial charge on any atom is -0.382 e. The van der Waals surface area contributed by atoms with Gasteiger partial charge in [0.15, 0.2) is 0 Å². The summed E-state index contributed by atoms with van der Waals surface area (Å²) in [6.45, 7) is 0. The van der Waals surface area contributed by atoms with Gasteiger partial charge in [0.1, 0.15) is 0 Å². The van der Waals surface area contributed by atoms with Gasteiger partial charge in [0.05, 0.1) is 11.5 Å². The van der Waals surface area contributed by atoms with Crippen LogP contribution < -0.4 is 5.32 Å². The summed E-state index contributed by atoms with van der Waals surface area (Å²) in [5.74, 6) is 0. The number of rotatable bonds is 3. The molecule has 1 N–H and O–H groups in total. The van der Waals surface area contributed by atoms with Gasteiger partial charge in [-0.2, -0.15) is 5.26 Å². The van der Waals surface area contributed by atoms with Gasteiger partial charge in [-0.05, 0) is 59.2 Å².